The maximum absolute atomic E-state index is 13.3. The van der Waals surface area contributed by atoms with E-state index >= 15 is 0 Å². The molecule has 0 aliphatic heterocycles. The molecular weight excluding hydrogens is 664 g/mol. The lowest BCUT2D eigenvalue weighted by molar-refractivity contribution is -0.135. The van der Waals surface area contributed by atoms with Gasteiger partial charge in [0.1, 0.15) is 19.8 Å². The summed E-state index contributed by atoms with van der Waals surface area (Å²) in [6, 6.07) is 0. The highest BCUT2D eigenvalue weighted by molar-refractivity contribution is 5.82. The van der Waals surface area contributed by atoms with Crippen LogP contribution in [-0.4, -0.2) is 139 Å². The van der Waals surface area contributed by atoms with Gasteiger partial charge in [0, 0.05) is 50.4 Å². The van der Waals surface area contributed by atoms with Gasteiger partial charge < -0.3 is 54.8 Å². The van der Waals surface area contributed by atoms with Crippen LogP contribution in [0, 0.1) is 42.9 Å². The lowest BCUT2D eigenvalue weighted by Crippen LogP contribution is -2.54. The Balaban J connectivity index is 2.81. The Kier molecular flexibility index (Phi) is 26.6. The van der Waals surface area contributed by atoms with E-state index in [4.69, 9.17) is 47.7 Å². The largest absolute Gasteiger partial charge is 0.393 e. The van der Waals surface area contributed by atoms with Crippen LogP contribution in [0.15, 0.2) is 0 Å². The average molecular weight is 721 g/mol. The van der Waals surface area contributed by atoms with E-state index in [2.05, 4.69) is 39.0 Å². The average Bonchev–Trinajstić information content (AvgIpc) is 3.10. The van der Waals surface area contributed by atoms with Crippen molar-refractivity contribution in [3.63, 3.8) is 0 Å². The molecule has 51 heavy (non-hydrogen) atoms. The quantitative estimate of drug-likeness (QED) is 0.0436. The van der Waals surface area contributed by atoms with E-state index in [1.165, 1.54) is 0 Å². The SMILES string of the molecule is C#CCOCCOCCNC(=O)CCC(CCC(=O)NCCOCCOCC#C)(CCC(=O)NCCOCCOCC#C)NC(=O)C1CC(O)C1. The normalized spacial score (nSPS) is 15.0. The minimum Gasteiger partial charge on any atom is -0.393 e. The molecule has 0 bridgehead atoms. The first-order valence-electron chi connectivity index (χ1n) is 17.3. The maximum Gasteiger partial charge on any atom is 0.223 e. The number of rotatable bonds is 32. The molecule has 0 saturated heterocycles. The molecule has 4 amide bonds. The second-order valence-electron chi connectivity index (χ2n) is 11.7. The highest BCUT2D eigenvalue weighted by Gasteiger charge is 2.39. The Morgan fingerprint density at radius 2 is 0.902 bits per heavy atom. The number of aliphatic hydroxyl groups is 1. The van der Waals surface area contributed by atoms with E-state index in [1.807, 2.05) is 0 Å². The number of terminal acetylenes is 3. The predicted octanol–water partition coefficient (Wildman–Crippen LogP) is -0.699. The van der Waals surface area contributed by atoms with Crippen LogP contribution in [0.1, 0.15) is 51.4 Å². The molecule has 0 aromatic heterocycles. The summed E-state index contributed by atoms with van der Waals surface area (Å²) >= 11 is 0. The van der Waals surface area contributed by atoms with E-state index < -0.39 is 17.6 Å². The molecule has 1 aliphatic carbocycles. The van der Waals surface area contributed by atoms with Gasteiger partial charge in [-0.25, -0.2) is 0 Å². The third-order valence-corrected chi connectivity index (χ3v) is 7.74. The maximum atomic E-state index is 13.3. The fourth-order valence-electron chi connectivity index (χ4n) is 4.89. The highest BCUT2D eigenvalue weighted by Crippen LogP contribution is 2.31. The Morgan fingerprint density at radius 3 is 1.22 bits per heavy atom. The molecule has 286 valence electrons. The van der Waals surface area contributed by atoms with Crippen LogP contribution in [0.4, 0.5) is 0 Å². The van der Waals surface area contributed by atoms with Gasteiger partial charge in [0.25, 0.3) is 0 Å². The van der Waals surface area contributed by atoms with Crippen molar-refractivity contribution in [3.8, 4) is 37.0 Å². The van der Waals surface area contributed by atoms with Gasteiger partial charge in [0.2, 0.25) is 23.6 Å². The van der Waals surface area contributed by atoms with E-state index in [-0.39, 0.29) is 121 Å². The molecule has 1 rings (SSSR count). The molecule has 15 heteroatoms. The molecule has 0 aromatic carbocycles. The number of hydrogen-bond acceptors (Lipinski definition) is 11. The van der Waals surface area contributed by atoms with Gasteiger partial charge >= 0.3 is 0 Å². The molecule has 0 unspecified atom stereocenters. The molecule has 1 fully saturated rings. The minimum atomic E-state index is -1.07. The van der Waals surface area contributed by atoms with E-state index in [9.17, 15) is 24.3 Å². The first-order chi connectivity index (χ1) is 24.7. The molecule has 0 atom stereocenters. The van der Waals surface area contributed by atoms with Crippen molar-refractivity contribution in [2.75, 3.05) is 98.9 Å². The van der Waals surface area contributed by atoms with Crippen molar-refractivity contribution >= 4 is 23.6 Å². The van der Waals surface area contributed by atoms with Crippen LogP contribution in [0.2, 0.25) is 0 Å². The van der Waals surface area contributed by atoms with Gasteiger partial charge in [-0.15, -0.1) is 19.3 Å². The molecule has 0 aromatic rings. The molecule has 1 aliphatic rings. The van der Waals surface area contributed by atoms with Crippen molar-refractivity contribution < 1.29 is 52.7 Å². The van der Waals surface area contributed by atoms with Crippen LogP contribution in [-0.2, 0) is 47.6 Å². The lowest BCUT2D eigenvalue weighted by atomic mass is 9.78. The Hall–Kier alpha value is -3.72. The van der Waals surface area contributed by atoms with Crippen molar-refractivity contribution in [3.05, 3.63) is 0 Å². The molecule has 0 heterocycles. The molecule has 5 N–H and O–H groups in total. The van der Waals surface area contributed by atoms with Crippen molar-refractivity contribution in [2.24, 2.45) is 5.92 Å². The third kappa shape index (κ3) is 24.2. The van der Waals surface area contributed by atoms with Crippen LogP contribution in [0.3, 0.4) is 0 Å². The standard InChI is InChI=1S/C36H56N4O11/c1-4-16-46-22-25-49-19-13-37-32(42)7-10-36(40-35(45)30-28-31(41)29-30,11-8-33(43)38-14-20-50-26-23-47-17-5-2)12-9-34(44)39-15-21-51-27-24-48-18-6-3/h1-3,30-31,41H,7-29H2,(H,37,42)(H,38,43)(H,39,44)(H,40,45). The van der Waals surface area contributed by atoms with E-state index in [0.29, 0.717) is 52.5 Å². The zero-order chi connectivity index (χ0) is 37.4. The fraction of sp³-hybridized carbons (Fsp3) is 0.722. The zero-order valence-corrected chi connectivity index (χ0v) is 29.7. The number of carbonyl (C=O) groups is 4. The summed E-state index contributed by atoms with van der Waals surface area (Å²) in [6.07, 6.45) is 16.1. The molecule has 15 nitrogen and oxygen atoms in total. The molecule has 0 radical (unpaired) electrons. The Morgan fingerprint density at radius 1 is 0.569 bits per heavy atom. The molecule has 0 spiro atoms. The van der Waals surface area contributed by atoms with E-state index in [1.54, 1.807) is 0 Å². The highest BCUT2D eigenvalue weighted by atomic mass is 16.5. The number of amides is 4. The zero-order valence-electron chi connectivity index (χ0n) is 29.7. The van der Waals surface area contributed by atoms with Gasteiger partial charge in [-0.2, -0.15) is 0 Å². The van der Waals surface area contributed by atoms with Crippen molar-refractivity contribution in [1.29, 1.82) is 0 Å². The second kappa shape index (κ2) is 30.0. The topological polar surface area (TPSA) is 192 Å². The molecule has 1 saturated carbocycles. The number of nitrogens with one attached hydrogen (secondary N) is 4. The molecular formula is C36H56N4O11. The summed E-state index contributed by atoms with van der Waals surface area (Å²) in [5, 5.41) is 21.3. The van der Waals surface area contributed by atoms with Crippen LogP contribution in [0.5, 0.6) is 0 Å². The summed E-state index contributed by atoms with van der Waals surface area (Å²) < 4.78 is 31.7. The predicted molar refractivity (Wildman–Crippen MR) is 188 cm³/mol. The smallest absolute Gasteiger partial charge is 0.223 e. The van der Waals surface area contributed by atoms with E-state index in [0.717, 1.165) is 0 Å². The third-order valence-electron chi connectivity index (χ3n) is 7.74. The summed E-state index contributed by atoms with van der Waals surface area (Å²) in [7, 11) is 0. The van der Waals surface area contributed by atoms with Gasteiger partial charge in [0.05, 0.1) is 65.6 Å². The van der Waals surface area contributed by atoms with Crippen molar-refractivity contribution in [1.82, 2.24) is 21.3 Å². The second-order valence-corrected chi connectivity index (χ2v) is 11.7. The minimum absolute atomic E-state index is 0.0211. The van der Waals surface area contributed by atoms with Gasteiger partial charge in [0.15, 0.2) is 0 Å². The van der Waals surface area contributed by atoms with Gasteiger partial charge in [-0.1, -0.05) is 17.8 Å². The van der Waals surface area contributed by atoms with Gasteiger partial charge in [-0.3, -0.25) is 19.2 Å². The lowest BCUT2D eigenvalue weighted by Gasteiger charge is -2.39. The van der Waals surface area contributed by atoms with Gasteiger partial charge in [-0.05, 0) is 32.1 Å². The van der Waals surface area contributed by atoms with Crippen molar-refractivity contribution in [2.45, 2.75) is 63.0 Å². The summed E-state index contributed by atoms with van der Waals surface area (Å²) in [6.45, 7) is 4.14. The fourth-order valence-corrected chi connectivity index (χ4v) is 4.89. The van der Waals surface area contributed by atoms with Crippen LogP contribution >= 0.6 is 0 Å². The number of hydrogen-bond donors (Lipinski definition) is 5. The number of ether oxygens (including phenoxy) is 6. The van der Waals surface area contributed by atoms with Crippen LogP contribution in [0.25, 0.3) is 0 Å². The Labute approximate surface area is 302 Å². The number of aliphatic hydroxyl groups excluding tert-OH is 1. The summed E-state index contributed by atoms with van der Waals surface area (Å²) in [5.41, 5.74) is -1.07. The monoisotopic (exact) mass is 720 g/mol. The summed E-state index contributed by atoms with van der Waals surface area (Å²) in [4.78, 5) is 51.9. The number of carbonyl (C=O) groups excluding carboxylic acids is 4. The first-order valence-corrected chi connectivity index (χ1v) is 17.3. The Bertz CT molecular complexity index is 1010. The van der Waals surface area contributed by atoms with Crippen LogP contribution < -0.4 is 21.3 Å². The first kappa shape index (κ1) is 45.3. The summed E-state index contributed by atoms with van der Waals surface area (Å²) in [5.74, 6) is 5.57.